The lowest BCUT2D eigenvalue weighted by atomic mass is 9.78. The Kier molecular flexibility index (Phi) is 4.81. The number of nitrogens with zero attached hydrogens (tertiary/aromatic N) is 4. The Hall–Kier alpha value is -3.47. The summed E-state index contributed by atoms with van der Waals surface area (Å²) in [5.74, 6) is 1.00. The number of hydrogen-bond donors (Lipinski definition) is 0. The van der Waals surface area contributed by atoms with Crippen LogP contribution in [0.4, 0.5) is 5.69 Å². The molecule has 3 heterocycles. The maximum atomic E-state index is 5.36. The second-order valence-corrected chi connectivity index (χ2v) is 8.71. The van der Waals surface area contributed by atoms with Crippen molar-refractivity contribution in [3.05, 3.63) is 95.1 Å². The molecular weight excluding hydrogens is 384 g/mol. The number of aryl methyl sites for hydroxylation is 1. The Morgan fingerprint density at radius 1 is 0.935 bits per heavy atom. The fraction of sp³-hybridized carbons (Fsp3) is 0.269. The summed E-state index contributed by atoms with van der Waals surface area (Å²) in [5.41, 5.74) is 7.33. The van der Waals surface area contributed by atoms with E-state index in [1.807, 2.05) is 6.20 Å². The second kappa shape index (κ2) is 7.65. The summed E-state index contributed by atoms with van der Waals surface area (Å²) < 4.78 is 5.36. The van der Waals surface area contributed by atoms with E-state index in [9.17, 15) is 0 Å². The van der Waals surface area contributed by atoms with Crippen LogP contribution in [0.5, 0.6) is 0 Å². The molecule has 0 radical (unpaired) electrons. The molecule has 0 spiro atoms. The lowest BCUT2D eigenvalue weighted by Crippen LogP contribution is -2.31. The van der Waals surface area contributed by atoms with Gasteiger partial charge in [-0.1, -0.05) is 55.8 Å². The van der Waals surface area contributed by atoms with Crippen molar-refractivity contribution in [2.75, 3.05) is 11.4 Å². The molecular formula is C26H26N4O. The van der Waals surface area contributed by atoms with E-state index in [4.69, 9.17) is 9.40 Å². The highest BCUT2D eigenvalue weighted by Gasteiger charge is 2.24. The predicted molar refractivity (Wildman–Crippen MR) is 122 cm³/mol. The van der Waals surface area contributed by atoms with Gasteiger partial charge in [0.1, 0.15) is 6.26 Å². The van der Waals surface area contributed by atoms with Gasteiger partial charge in [-0.15, -0.1) is 0 Å². The Labute approximate surface area is 182 Å². The van der Waals surface area contributed by atoms with Crippen LogP contribution in [0.25, 0.3) is 11.7 Å². The number of aromatic nitrogens is 3. The van der Waals surface area contributed by atoms with Gasteiger partial charge >= 0.3 is 0 Å². The van der Waals surface area contributed by atoms with Gasteiger partial charge in [0.05, 0.1) is 18.4 Å². The summed E-state index contributed by atoms with van der Waals surface area (Å²) in [6.07, 6.45) is 6.00. The number of hydrogen-bond acceptors (Lipinski definition) is 5. The maximum absolute atomic E-state index is 5.36. The van der Waals surface area contributed by atoms with Crippen molar-refractivity contribution in [3.63, 3.8) is 0 Å². The molecule has 4 aromatic rings. The van der Waals surface area contributed by atoms with Crippen molar-refractivity contribution < 1.29 is 4.42 Å². The molecule has 0 saturated carbocycles. The van der Waals surface area contributed by atoms with Gasteiger partial charge in [-0.3, -0.25) is 0 Å². The summed E-state index contributed by atoms with van der Waals surface area (Å²) in [6.45, 7) is 8.40. The summed E-state index contributed by atoms with van der Waals surface area (Å²) >= 11 is 0. The molecule has 0 fully saturated rings. The van der Waals surface area contributed by atoms with Crippen LogP contribution in [0.2, 0.25) is 0 Å². The molecule has 1 aliphatic rings. The zero-order chi connectivity index (χ0) is 21.4. The monoisotopic (exact) mass is 410 g/mol. The first-order valence-corrected chi connectivity index (χ1v) is 10.7. The molecule has 2 aromatic heterocycles. The highest BCUT2D eigenvalue weighted by Crippen LogP contribution is 2.33. The predicted octanol–water partition coefficient (Wildman–Crippen LogP) is 5.33. The fourth-order valence-electron chi connectivity index (χ4n) is 4.19. The van der Waals surface area contributed by atoms with E-state index in [-0.39, 0.29) is 5.41 Å². The molecule has 5 nitrogen and oxygen atoms in total. The molecule has 156 valence electrons. The van der Waals surface area contributed by atoms with E-state index in [1.54, 1.807) is 12.5 Å². The molecule has 5 heteroatoms. The quantitative estimate of drug-likeness (QED) is 0.455. The first-order valence-electron chi connectivity index (χ1n) is 10.7. The Balaban J connectivity index is 1.37. The van der Waals surface area contributed by atoms with E-state index in [0.29, 0.717) is 11.7 Å². The van der Waals surface area contributed by atoms with Crippen LogP contribution in [0.1, 0.15) is 41.8 Å². The first-order chi connectivity index (χ1) is 15.0. The van der Waals surface area contributed by atoms with Crippen LogP contribution in [-0.4, -0.2) is 21.5 Å². The molecule has 0 bridgehead atoms. The standard InChI is InChI=1S/C26H26N4O/c1-18-4-6-20(7-5-18)26(2,3)21-8-10-22(11-9-21)30-14-12-19-16-28-24(29-23(19)17-30)25-27-13-15-31-25/h4-11,13,15-16H,12,14,17H2,1-3H3. The van der Waals surface area contributed by atoms with Gasteiger partial charge in [0.25, 0.3) is 5.89 Å². The van der Waals surface area contributed by atoms with E-state index < -0.39 is 0 Å². The van der Waals surface area contributed by atoms with Crippen LogP contribution in [-0.2, 0) is 18.4 Å². The molecule has 0 N–H and O–H groups in total. The van der Waals surface area contributed by atoms with E-state index in [2.05, 4.69) is 84.2 Å². The van der Waals surface area contributed by atoms with Crippen LogP contribution in [0, 0.1) is 6.92 Å². The first kappa shape index (κ1) is 19.5. The number of oxazole rings is 1. The van der Waals surface area contributed by atoms with Gasteiger partial charge in [0, 0.05) is 23.8 Å². The van der Waals surface area contributed by atoms with Crippen LogP contribution >= 0.6 is 0 Å². The minimum absolute atomic E-state index is 0.0428. The number of benzene rings is 2. The van der Waals surface area contributed by atoms with Gasteiger partial charge in [0.2, 0.25) is 5.82 Å². The minimum Gasteiger partial charge on any atom is -0.442 e. The Morgan fingerprint density at radius 3 is 2.32 bits per heavy atom. The third kappa shape index (κ3) is 3.72. The van der Waals surface area contributed by atoms with Crippen molar-refractivity contribution in [2.45, 2.75) is 39.2 Å². The largest absolute Gasteiger partial charge is 0.442 e. The second-order valence-electron chi connectivity index (χ2n) is 8.71. The molecule has 0 unspecified atom stereocenters. The Morgan fingerprint density at radius 2 is 1.65 bits per heavy atom. The van der Waals surface area contributed by atoms with Crippen LogP contribution in [0.3, 0.4) is 0 Å². The molecule has 0 aliphatic carbocycles. The lowest BCUT2D eigenvalue weighted by Gasteiger charge is -2.31. The summed E-state index contributed by atoms with van der Waals surface area (Å²) in [7, 11) is 0. The van der Waals surface area contributed by atoms with Gasteiger partial charge in [0.15, 0.2) is 0 Å². The molecule has 5 rings (SSSR count). The van der Waals surface area contributed by atoms with Crippen LogP contribution in [0.15, 0.2) is 71.6 Å². The van der Waals surface area contributed by atoms with Crippen molar-refractivity contribution in [3.8, 4) is 11.7 Å². The van der Waals surface area contributed by atoms with Crippen LogP contribution < -0.4 is 4.90 Å². The third-order valence-corrected chi connectivity index (χ3v) is 6.30. The van der Waals surface area contributed by atoms with E-state index in [0.717, 1.165) is 25.2 Å². The van der Waals surface area contributed by atoms with Crippen molar-refractivity contribution in [1.29, 1.82) is 0 Å². The van der Waals surface area contributed by atoms with Crippen molar-refractivity contribution in [2.24, 2.45) is 0 Å². The third-order valence-electron chi connectivity index (χ3n) is 6.30. The smallest absolute Gasteiger partial charge is 0.264 e. The van der Waals surface area contributed by atoms with E-state index in [1.165, 1.54) is 27.9 Å². The Bertz CT molecular complexity index is 1180. The van der Waals surface area contributed by atoms with Crippen molar-refractivity contribution in [1.82, 2.24) is 15.0 Å². The fourth-order valence-corrected chi connectivity index (χ4v) is 4.19. The number of fused-ring (bicyclic) bond motifs is 1. The highest BCUT2D eigenvalue weighted by molar-refractivity contribution is 5.52. The molecule has 1 aliphatic heterocycles. The number of anilines is 1. The van der Waals surface area contributed by atoms with Crippen molar-refractivity contribution >= 4 is 5.69 Å². The van der Waals surface area contributed by atoms with Gasteiger partial charge in [-0.25, -0.2) is 15.0 Å². The summed E-state index contributed by atoms with van der Waals surface area (Å²) in [5, 5.41) is 0. The topological polar surface area (TPSA) is 55.1 Å². The van der Waals surface area contributed by atoms with E-state index >= 15 is 0 Å². The molecule has 0 saturated heterocycles. The minimum atomic E-state index is -0.0428. The van der Waals surface area contributed by atoms with Gasteiger partial charge in [-0.2, -0.15) is 0 Å². The summed E-state index contributed by atoms with van der Waals surface area (Å²) in [4.78, 5) is 15.7. The maximum Gasteiger partial charge on any atom is 0.264 e. The van der Waals surface area contributed by atoms with Gasteiger partial charge in [-0.05, 0) is 42.2 Å². The number of rotatable bonds is 4. The average Bonchev–Trinajstić information content (AvgIpc) is 3.34. The average molecular weight is 411 g/mol. The highest BCUT2D eigenvalue weighted by atomic mass is 16.3. The zero-order valence-corrected chi connectivity index (χ0v) is 18.2. The molecule has 0 atom stereocenters. The lowest BCUT2D eigenvalue weighted by molar-refractivity contribution is 0.567. The SMILES string of the molecule is Cc1ccc(C(C)(C)c2ccc(N3CCc4cnc(-c5ncco5)nc4C3)cc2)cc1. The molecule has 0 amide bonds. The normalized spacial score (nSPS) is 13.8. The molecule has 2 aromatic carbocycles. The zero-order valence-electron chi connectivity index (χ0n) is 18.2. The molecule has 31 heavy (non-hydrogen) atoms. The van der Waals surface area contributed by atoms with Gasteiger partial charge < -0.3 is 9.32 Å². The summed E-state index contributed by atoms with van der Waals surface area (Å²) in [6, 6.07) is 17.8.